The summed E-state index contributed by atoms with van der Waals surface area (Å²) in [5.41, 5.74) is 1.56. The van der Waals surface area contributed by atoms with Gasteiger partial charge in [0.15, 0.2) is 0 Å². The fraction of sp³-hybridized carbons (Fsp3) is 0.182. The average molecular weight is 204 g/mol. The molecule has 0 spiro atoms. The van der Waals surface area contributed by atoms with Gasteiger partial charge in [0.05, 0.1) is 19.4 Å². The summed E-state index contributed by atoms with van der Waals surface area (Å²) in [7, 11) is 1.61. The molecule has 0 fully saturated rings. The molecule has 0 aliphatic heterocycles. The van der Waals surface area contributed by atoms with Gasteiger partial charge < -0.3 is 9.84 Å². The number of methoxy groups -OCH3 is 1. The summed E-state index contributed by atoms with van der Waals surface area (Å²) >= 11 is 0. The molecule has 0 atom stereocenters. The van der Waals surface area contributed by atoms with Gasteiger partial charge in [-0.1, -0.05) is 12.1 Å². The number of benzene rings is 1. The predicted molar refractivity (Wildman–Crippen MR) is 56.0 cm³/mol. The monoisotopic (exact) mass is 204 g/mol. The van der Waals surface area contributed by atoms with Crippen LogP contribution in [-0.4, -0.2) is 22.0 Å². The zero-order chi connectivity index (χ0) is 10.7. The Morgan fingerprint density at radius 1 is 1.33 bits per heavy atom. The smallest absolute Gasteiger partial charge is 0.144 e. The lowest BCUT2D eigenvalue weighted by atomic mass is 10.3. The second-order valence-electron chi connectivity index (χ2n) is 3.06. The molecule has 2 rings (SSSR count). The second kappa shape index (κ2) is 4.14. The highest BCUT2D eigenvalue weighted by Crippen LogP contribution is 2.22. The Labute approximate surface area is 87.7 Å². The van der Waals surface area contributed by atoms with Crippen molar-refractivity contribution in [3.05, 3.63) is 42.2 Å². The molecule has 0 bridgehead atoms. The van der Waals surface area contributed by atoms with Gasteiger partial charge in [-0.3, -0.25) is 0 Å². The molecule has 1 aromatic heterocycles. The molecule has 1 heterocycles. The van der Waals surface area contributed by atoms with E-state index in [9.17, 15) is 0 Å². The summed E-state index contributed by atoms with van der Waals surface area (Å²) in [6.45, 7) is -0.0436. The molecule has 0 aliphatic carbocycles. The van der Waals surface area contributed by atoms with Crippen LogP contribution in [0.4, 0.5) is 0 Å². The van der Waals surface area contributed by atoms with Crippen LogP contribution in [0.3, 0.4) is 0 Å². The first-order valence-corrected chi connectivity index (χ1v) is 4.64. The van der Waals surface area contributed by atoms with Gasteiger partial charge in [-0.05, 0) is 18.2 Å². The lowest BCUT2D eigenvalue weighted by molar-refractivity contribution is 0.273. The van der Waals surface area contributed by atoms with Crippen LogP contribution in [-0.2, 0) is 6.61 Å². The van der Waals surface area contributed by atoms with Crippen LogP contribution < -0.4 is 4.74 Å². The van der Waals surface area contributed by atoms with Gasteiger partial charge in [0, 0.05) is 6.20 Å². The normalized spacial score (nSPS) is 10.3. The maximum Gasteiger partial charge on any atom is 0.144 e. The molecular weight excluding hydrogens is 192 g/mol. The molecule has 1 aromatic carbocycles. The van der Waals surface area contributed by atoms with Crippen LogP contribution >= 0.6 is 0 Å². The number of aliphatic hydroxyl groups is 1. The van der Waals surface area contributed by atoms with E-state index in [-0.39, 0.29) is 6.61 Å². The van der Waals surface area contributed by atoms with Gasteiger partial charge in [0.25, 0.3) is 0 Å². The second-order valence-corrected chi connectivity index (χ2v) is 3.06. The molecule has 78 valence electrons. The van der Waals surface area contributed by atoms with Crippen LogP contribution in [0.1, 0.15) is 5.69 Å². The third-order valence-corrected chi connectivity index (χ3v) is 2.20. The summed E-state index contributed by atoms with van der Waals surface area (Å²) in [5, 5.41) is 13.3. The van der Waals surface area contributed by atoms with Crippen molar-refractivity contribution < 1.29 is 9.84 Å². The van der Waals surface area contributed by atoms with E-state index in [0.717, 1.165) is 17.1 Å². The average Bonchev–Trinajstić information content (AvgIpc) is 2.76. The minimum Gasteiger partial charge on any atom is -0.494 e. The molecular formula is C11H12N2O2. The van der Waals surface area contributed by atoms with E-state index in [2.05, 4.69) is 5.10 Å². The zero-order valence-corrected chi connectivity index (χ0v) is 8.42. The molecule has 2 aromatic rings. The molecule has 0 amide bonds. The molecule has 0 aliphatic rings. The summed E-state index contributed by atoms with van der Waals surface area (Å²) in [4.78, 5) is 0. The molecule has 4 nitrogen and oxygen atoms in total. The number of hydrogen-bond acceptors (Lipinski definition) is 3. The van der Waals surface area contributed by atoms with Gasteiger partial charge in [-0.15, -0.1) is 0 Å². The summed E-state index contributed by atoms with van der Waals surface area (Å²) in [6, 6.07) is 9.32. The number of ether oxygens (including phenoxy) is 1. The molecule has 1 N–H and O–H groups in total. The molecule has 15 heavy (non-hydrogen) atoms. The van der Waals surface area contributed by atoms with E-state index < -0.39 is 0 Å². The van der Waals surface area contributed by atoms with E-state index in [1.54, 1.807) is 24.1 Å². The molecule has 0 radical (unpaired) electrons. The Bertz CT molecular complexity index is 451. The molecule has 4 heteroatoms. The summed E-state index contributed by atoms with van der Waals surface area (Å²) in [6.07, 6.45) is 1.65. The predicted octanol–water partition coefficient (Wildman–Crippen LogP) is 1.37. The van der Waals surface area contributed by atoms with Crippen LogP contribution in [0.2, 0.25) is 0 Å². The highest BCUT2D eigenvalue weighted by Gasteiger charge is 2.08. The van der Waals surface area contributed by atoms with Crippen LogP contribution in [0.25, 0.3) is 5.69 Å². The topological polar surface area (TPSA) is 47.3 Å². The van der Waals surface area contributed by atoms with Gasteiger partial charge in [-0.2, -0.15) is 5.10 Å². The lowest BCUT2D eigenvalue weighted by Gasteiger charge is -2.09. The zero-order valence-electron chi connectivity index (χ0n) is 8.42. The van der Waals surface area contributed by atoms with E-state index in [4.69, 9.17) is 9.84 Å². The first-order chi connectivity index (χ1) is 7.36. The van der Waals surface area contributed by atoms with Crippen molar-refractivity contribution in [3.63, 3.8) is 0 Å². The van der Waals surface area contributed by atoms with E-state index >= 15 is 0 Å². The summed E-state index contributed by atoms with van der Waals surface area (Å²) < 4.78 is 6.89. The van der Waals surface area contributed by atoms with E-state index in [1.165, 1.54) is 0 Å². The maximum absolute atomic E-state index is 9.13. The van der Waals surface area contributed by atoms with Gasteiger partial charge in [0.2, 0.25) is 0 Å². The SMILES string of the molecule is COc1ccccc1-n1nccc1CO. The quantitative estimate of drug-likeness (QED) is 0.821. The molecule has 0 saturated carbocycles. The van der Waals surface area contributed by atoms with Crippen LogP contribution in [0.5, 0.6) is 5.75 Å². The van der Waals surface area contributed by atoms with Crippen molar-refractivity contribution in [1.82, 2.24) is 9.78 Å². The van der Waals surface area contributed by atoms with Gasteiger partial charge in [0.1, 0.15) is 11.4 Å². The van der Waals surface area contributed by atoms with Crippen molar-refractivity contribution in [2.45, 2.75) is 6.61 Å². The largest absolute Gasteiger partial charge is 0.494 e. The first kappa shape index (κ1) is 9.73. The number of hydrogen-bond donors (Lipinski definition) is 1. The highest BCUT2D eigenvalue weighted by molar-refractivity contribution is 5.46. The number of para-hydroxylation sites is 2. The third-order valence-electron chi connectivity index (χ3n) is 2.20. The van der Waals surface area contributed by atoms with Gasteiger partial charge >= 0.3 is 0 Å². The number of aromatic nitrogens is 2. The minimum absolute atomic E-state index is 0.0436. The van der Waals surface area contributed by atoms with Gasteiger partial charge in [-0.25, -0.2) is 4.68 Å². The first-order valence-electron chi connectivity index (χ1n) is 4.64. The standard InChI is InChI=1S/C11H12N2O2/c1-15-11-5-3-2-4-10(11)13-9(8-14)6-7-12-13/h2-7,14H,8H2,1H3. The molecule has 0 unspecified atom stereocenters. The van der Waals surface area contributed by atoms with E-state index in [0.29, 0.717) is 0 Å². The Morgan fingerprint density at radius 3 is 2.87 bits per heavy atom. The Kier molecular flexibility index (Phi) is 2.69. The fourth-order valence-corrected chi connectivity index (χ4v) is 1.47. The van der Waals surface area contributed by atoms with E-state index in [1.807, 2.05) is 24.3 Å². The lowest BCUT2D eigenvalue weighted by Crippen LogP contribution is -2.03. The van der Waals surface area contributed by atoms with Crippen molar-refractivity contribution in [2.75, 3.05) is 7.11 Å². The fourth-order valence-electron chi connectivity index (χ4n) is 1.47. The van der Waals surface area contributed by atoms with Crippen molar-refractivity contribution >= 4 is 0 Å². The third kappa shape index (κ3) is 1.71. The maximum atomic E-state index is 9.13. The summed E-state index contributed by atoms with van der Waals surface area (Å²) in [5.74, 6) is 0.732. The van der Waals surface area contributed by atoms with Crippen LogP contribution in [0.15, 0.2) is 36.5 Å². The van der Waals surface area contributed by atoms with Crippen molar-refractivity contribution in [3.8, 4) is 11.4 Å². The Morgan fingerprint density at radius 2 is 2.13 bits per heavy atom. The highest BCUT2D eigenvalue weighted by atomic mass is 16.5. The Hall–Kier alpha value is -1.81. The minimum atomic E-state index is -0.0436. The number of nitrogens with zero attached hydrogens (tertiary/aromatic N) is 2. The number of aliphatic hydroxyl groups excluding tert-OH is 1. The van der Waals surface area contributed by atoms with Crippen molar-refractivity contribution in [1.29, 1.82) is 0 Å². The Balaban J connectivity index is 2.53. The van der Waals surface area contributed by atoms with Crippen LogP contribution in [0, 0.1) is 0 Å². The number of rotatable bonds is 3. The van der Waals surface area contributed by atoms with Crippen molar-refractivity contribution in [2.24, 2.45) is 0 Å². The molecule has 0 saturated heterocycles.